The monoisotopic (exact) mass is 281 g/mol. The van der Waals surface area contributed by atoms with Crippen molar-refractivity contribution in [3.05, 3.63) is 0 Å². The van der Waals surface area contributed by atoms with Crippen LogP contribution in [-0.2, 0) is 9.47 Å². The molecular weight excluding hydrogens is 250 g/mol. The average molecular weight is 281 g/mol. The van der Waals surface area contributed by atoms with Crippen molar-refractivity contribution in [1.82, 2.24) is 5.32 Å². The van der Waals surface area contributed by atoms with E-state index in [9.17, 15) is 0 Å². The van der Waals surface area contributed by atoms with Crippen molar-refractivity contribution < 1.29 is 9.47 Å². The molecule has 3 unspecified atom stereocenters. The first-order valence-electron chi connectivity index (χ1n) is 8.60. The molecular formula is C17H31NO2. The molecule has 1 saturated heterocycles. The summed E-state index contributed by atoms with van der Waals surface area (Å²) in [5.74, 6) is 2.93. The Kier molecular flexibility index (Phi) is 5.00. The van der Waals surface area contributed by atoms with E-state index in [1.165, 1.54) is 51.5 Å². The molecule has 2 aliphatic carbocycles. The number of nitrogens with one attached hydrogen (secondary N) is 1. The number of hydrogen-bond donors (Lipinski definition) is 1. The summed E-state index contributed by atoms with van der Waals surface area (Å²) in [4.78, 5) is 0. The highest BCUT2D eigenvalue weighted by Crippen LogP contribution is 2.58. The molecule has 3 heteroatoms. The van der Waals surface area contributed by atoms with Crippen molar-refractivity contribution in [2.24, 2.45) is 23.2 Å². The zero-order valence-corrected chi connectivity index (χ0v) is 13.0. The third-order valence-electron chi connectivity index (χ3n) is 6.10. The third kappa shape index (κ3) is 3.20. The van der Waals surface area contributed by atoms with Crippen LogP contribution < -0.4 is 5.32 Å². The Labute approximate surface area is 123 Å². The van der Waals surface area contributed by atoms with Crippen molar-refractivity contribution in [2.75, 3.05) is 40.0 Å². The van der Waals surface area contributed by atoms with Crippen LogP contribution in [0.1, 0.15) is 44.9 Å². The van der Waals surface area contributed by atoms with E-state index in [-0.39, 0.29) is 0 Å². The van der Waals surface area contributed by atoms with Gasteiger partial charge in [-0.25, -0.2) is 0 Å². The minimum absolute atomic E-state index is 0.596. The van der Waals surface area contributed by atoms with Crippen molar-refractivity contribution in [2.45, 2.75) is 44.9 Å². The van der Waals surface area contributed by atoms with Crippen molar-refractivity contribution >= 4 is 0 Å². The van der Waals surface area contributed by atoms with Crippen LogP contribution in [-0.4, -0.2) is 40.0 Å². The largest absolute Gasteiger partial charge is 0.383 e. The Morgan fingerprint density at radius 1 is 1.20 bits per heavy atom. The second-order valence-corrected chi connectivity index (χ2v) is 7.37. The summed E-state index contributed by atoms with van der Waals surface area (Å²) in [6, 6.07) is 0. The van der Waals surface area contributed by atoms with Gasteiger partial charge in [0.15, 0.2) is 0 Å². The molecule has 0 aromatic rings. The van der Waals surface area contributed by atoms with E-state index in [1.54, 1.807) is 7.11 Å². The van der Waals surface area contributed by atoms with E-state index in [4.69, 9.17) is 9.47 Å². The quantitative estimate of drug-likeness (QED) is 0.728. The molecule has 2 saturated carbocycles. The van der Waals surface area contributed by atoms with Crippen molar-refractivity contribution in [1.29, 1.82) is 0 Å². The summed E-state index contributed by atoms with van der Waals surface area (Å²) in [6.45, 7) is 5.04. The lowest BCUT2D eigenvalue weighted by Crippen LogP contribution is -2.41. The number of fused-ring (bicyclic) bond motifs is 2. The van der Waals surface area contributed by atoms with Crippen LogP contribution in [0.2, 0.25) is 0 Å². The topological polar surface area (TPSA) is 30.5 Å². The summed E-state index contributed by atoms with van der Waals surface area (Å²) in [5.41, 5.74) is 0.596. The molecule has 3 atom stereocenters. The lowest BCUT2D eigenvalue weighted by Gasteiger charge is -2.41. The second-order valence-electron chi connectivity index (χ2n) is 7.37. The number of ether oxygens (including phenoxy) is 2. The van der Waals surface area contributed by atoms with E-state index >= 15 is 0 Å². The van der Waals surface area contributed by atoms with Gasteiger partial charge in [-0.05, 0) is 61.7 Å². The highest BCUT2D eigenvalue weighted by Gasteiger charge is 2.51. The van der Waals surface area contributed by atoms with E-state index in [0.717, 1.165) is 44.1 Å². The van der Waals surface area contributed by atoms with Gasteiger partial charge in [-0.1, -0.05) is 6.42 Å². The maximum atomic E-state index is 5.54. The van der Waals surface area contributed by atoms with Crippen LogP contribution >= 0.6 is 0 Å². The first-order chi connectivity index (χ1) is 9.82. The first kappa shape index (κ1) is 14.8. The summed E-state index contributed by atoms with van der Waals surface area (Å²) in [6.07, 6.45) is 9.99. The molecule has 20 heavy (non-hydrogen) atoms. The zero-order chi connectivity index (χ0) is 13.8. The minimum atomic E-state index is 0.596. The maximum absolute atomic E-state index is 5.54. The van der Waals surface area contributed by atoms with Gasteiger partial charge in [0.05, 0.1) is 6.61 Å². The van der Waals surface area contributed by atoms with Gasteiger partial charge >= 0.3 is 0 Å². The summed E-state index contributed by atoms with van der Waals surface area (Å²) >= 11 is 0. The van der Waals surface area contributed by atoms with Crippen LogP contribution in [0.4, 0.5) is 0 Å². The molecule has 1 N–H and O–H groups in total. The lowest BCUT2D eigenvalue weighted by molar-refractivity contribution is 0.0314. The minimum Gasteiger partial charge on any atom is -0.383 e. The molecule has 0 spiro atoms. The molecule has 3 aliphatic rings. The van der Waals surface area contributed by atoms with Crippen molar-refractivity contribution in [3.8, 4) is 0 Å². The predicted octanol–water partition coefficient (Wildman–Crippen LogP) is 2.85. The Morgan fingerprint density at radius 3 is 2.70 bits per heavy atom. The van der Waals surface area contributed by atoms with E-state index < -0.39 is 0 Å². The fourth-order valence-electron chi connectivity index (χ4n) is 5.13. The summed E-state index contributed by atoms with van der Waals surface area (Å²) in [5, 5.41) is 3.69. The normalized spacial score (nSPS) is 37.6. The van der Waals surface area contributed by atoms with Crippen LogP contribution in [0.25, 0.3) is 0 Å². The van der Waals surface area contributed by atoms with E-state index in [0.29, 0.717) is 5.41 Å². The molecule has 0 amide bonds. The second kappa shape index (κ2) is 6.76. The number of rotatable bonds is 7. The molecule has 0 radical (unpaired) electrons. The van der Waals surface area contributed by atoms with Crippen LogP contribution in [0.15, 0.2) is 0 Å². The van der Waals surface area contributed by atoms with Crippen LogP contribution in [0.5, 0.6) is 0 Å². The van der Waals surface area contributed by atoms with Gasteiger partial charge in [0.1, 0.15) is 0 Å². The highest BCUT2D eigenvalue weighted by molar-refractivity contribution is 5.02. The average Bonchev–Trinajstić information content (AvgIpc) is 3.06. The number of methoxy groups -OCH3 is 1. The highest BCUT2D eigenvalue weighted by atomic mass is 16.5. The predicted molar refractivity (Wildman–Crippen MR) is 80.8 cm³/mol. The third-order valence-corrected chi connectivity index (χ3v) is 6.10. The molecule has 3 fully saturated rings. The van der Waals surface area contributed by atoms with Gasteiger partial charge in [0.2, 0.25) is 0 Å². The van der Waals surface area contributed by atoms with Gasteiger partial charge < -0.3 is 14.8 Å². The fraction of sp³-hybridized carbons (Fsp3) is 1.00. The molecule has 1 aliphatic heterocycles. The molecule has 3 nitrogen and oxygen atoms in total. The van der Waals surface area contributed by atoms with Gasteiger partial charge in [0, 0.05) is 33.4 Å². The van der Waals surface area contributed by atoms with Gasteiger partial charge in [-0.15, -0.1) is 0 Å². The Balaban J connectivity index is 1.58. The first-order valence-corrected chi connectivity index (χ1v) is 8.60. The smallest absolute Gasteiger partial charge is 0.0587 e. The summed E-state index contributed by atoms with van der Waals surface area (Å²) < 4.78 is 10.7. The standard InChI is InChI=1S/C17H31NO2/c1-19-9-6-18-13-17(11-14-4-7-20-8-5-14)12-15-2-3-16(17)10-15/h14-16,18H,2-13H2,1H3. The fourth-order valence-corrected chi connectivity index (χ4v) is 5.13. The molecule has 2 bridgehead atoms. The molecule has 1 heterocycles. The van der Waals surface area contributed by atoms with E-state index in [1.807, 2.05) is 0 Å². The maximum Gasteiger partial charge on any atom is 0.0587 e. The van der Waals surface area contributed by atoms with Crippen LogP contribution in [0.3, 0.4) is 0 Å². The van der Waals surface area contributed by atoms with Crippen LogP contribution in [0, 0.1) is 23.2 Å². The van der Waals surface area contributed by atoms with Gasteiger partial charge in [-0.2, -0.15) is 0 Å². The van der Waals surface area contributed by atoms with Gasteiger partial charge in [0.25, 0.3) is 0 Å². The number of hydrogen-bond acceptors (Lipinski definition) is 3. The molecule has 3 rings (SSSR count). The Morgan fingerprint density at radius 2 is 2.05 bits per heavy atom. The van der Waals surface area contributed by atoms with Crippen molar-refractivity contribution in [3.63, 3.8) is 0 Å². The zero-order valence-electron chi connectivity index (χ0n) is 13.0. The Hall–Kier alpha value is -0.120. The molecule has 116 valence electrons. The molecule has 0 aromatic heterocycles. The Bertz CT molecular complexity index is 303. The SMILES string of the molecule is COCCNCC1(CC2CCOCC2)CC2CCC1C2. The summed E-state index contributed by atoms with van der Waals surface area (Å²) in [7, 11) is 1.79. The van der Waals surface area contributed by atoms with Gasteiger partial charge in [-0.3, -0.25) is 0 Å². The lowest BCUT2D eigenvalue weighted by atomic mass is 9.67. The molecule has 0 aromatic carbocycles. The van der Waals surface area contributed by atoms with E-state index in [2.05, 4.69) is 5.32 Å².